The van der Waals surface area contributed by atoms with E-state index in [1.807, 2.05) is 0 Å². The summed E-state index contributed by atoms with van der Waals surface area (Å²) in [5, 5.41) is 7.00. The predicted octanol–water partition coefficient (Wildman–Crippen LogP) is 1.95. The minimum absolute atomic E-state index is 0.594. The molecule has 1 heterocycles. The molecule has 0 amide bonds. The first-order chi connectivity index (χ1) is 8.81. The average Bonchev–Trinajstić information content (AvgIpc) is 2.46. The van der Waals surface area contributed by atoms with Gasteiger partial charge in [0.25, 0.3) is 0 Å². The SMILES string of the molecule is CCc1ccccc1NCC(C)N1CCNCC1. The Labute approximate surface area is 111 Å². The van der Waals surface area contributed by atoms with Gasteiger partial charge in [0.05, 0.1) is 0 Å². The van der Waals surface area contributed by atoms with Crippen LogP contribution in [-0.4, -0.2) is 43.7 Å². The molecule has 1 aliphatic heterocycles. The molecule has 1 fully saturated rings. The van der Waals surface area contributed by atoms with Gasteiger partial charge in [-0.25, -0.2) is 0 Å². The number of nitrogens with zero attached hydrogens (tertiary/aromatic N) is 1. The van der Waals surface area contributed by atoms with Gasteiger partial charge < -0.3 is 10.6 Å². The summed E-state index contributed by atoms with van der Waals surface area (Å²) in [5.74, 6) is 0. The fraction of sp³-hybridized carbons (Fsp3) is 0.600. The molecule has 18 heavy (non-hydrogen) atoms. The van der Waals surface area contributed by atoms with E-state index in [1.165, 1.54) is 11.3 Å². The molecule has 0 aromatic heterocycles. The van der Waals surface area contributed by atoms with Crippen LogP contribution in [-0.2, 0) is 6.42 Å². The van der Waals surface area contributed by atoms with Crippen molar-refractivity contribution < 1.29 is 0 Å². The first-order valence-corrected chi connectivity index (χ1v) is 7.07. The maximum atomic E-state index is 3.60. The number of aryl methyl sites for hydroxylation is 1. The maximum Gasteiger partial charge on any atom is 0.0373 e. The Kier molecular flexibility index (Phi) is 5.02. The van der Waals surface area contributed by atoms with Crippen LogP contribution in [0.15, 0.2) is 24.3 Å². The molecule has 0 spiro atoms. The van der Waals surface area contributed by atoms with Crippen LogP contribution in [0.3, 0.4) is 0 Å². The van der Waals surface area contributed by atoms with Crippen molar-refractivity contribution in [2.45, 2.75) is 26.3 Å². The number of para-hydroxylation sites is 1. The first kappa shape index (κ1) is 13.4. The van der Waals surface area contributed by atoms with Crippen molar-refractivity contribution in [3.05, 3.63) is 29.8 Å². The van der Waals surface area contributed by atoms with Crippen molar-refractivity contribution in [2.75, 3.05) is 38.0 Å². The minimum atomic E-state index is 0.594. The van der Waals surface area contributed by atoms with Crippen LogP contribution in [0.5, 0.6) is 0 Å². The third-order valence-corrected chi connectivity index (χ3v) is 3.76. The number of piperazine rings is 1. The zero-order valence-electron chi connectivity index (χ0n) is 11.6. The Balaban J connectivity index is 1.86. The summed E-state index contributed by atoms with van der Waals surface area (Å²) in [5.41, 5.74) is 2.70. The second kappa shape index (κ2) is 6.76. The van der Waals surface area contributed by atoms with Gasteiger partial charge in [0.15, 0.2) is 0 Å². The molecule has 3 nitrogen and oxygen atoms in total. The number of benzene rings is 1. The van der Waals surface area contributed by atoms with Crippen molar-refractivity contribution in [3.63, 3.8) is 0 Å². The molecule has 100 valence electrons. The van der Waals surface area contributed by atoms with Crippen LogP contribution >= 0.6 is 0 Å². The van der Waals surface area contributed by atoms with Gasteiger partial charge in [-0.2, -0.15) is 0 Å². The molecule has 3 heteroatoms. The smallest absolute Gasteiger partial charge is 0.0373 e. The van der Waals surface area contributed by atoms with E-state index in [-0.39, 0.29) is 0 Å². The monoisotopic (exact) mass is 247 g/mol. The van der Waals surface area contributed by atoms with E-state index in [0.29, 0.717) is 6.04 Å². The van der Waals surface area contributed by atoms with E-state index in [0.717, 1.165) is 39.1 Å². The van der Waals surface area contributed by atoms with Crippen molar-refractivity contribution in [3.8, 4) is 0 Å². The third-order valence-electron chi connectivity index (χ3n) is 3.76. The highest BCUT2D eigenvalue weighted by molar-refractivity contribution is 5.51. The van der Waals surface area contributed by atoms with E-state index in [1.54, 1.807) is 0 Å². The van der Waals surface area contributed by atoms with Gasteiger partial charge in [0, 0.05) is 44.5 Å². The van der Waals surface area contributed by atoms with Crippen LogP contribution in [0.4, 0.5) is 5.69 Å². The standard InChI is InChI=1S/C15H25N3/c1-3-14-6-4-5-7-15(14)17-12-13(2)18-10-8-16-9-11-18/h4-7,13,16-17H,3,8-12H2,1-2H3. The molecular weight excluding hydrogens is 222 g/mol. The molecule has 0 radical (unpaired) electrons. The van der Waals surface area contributed by atoms with Crippen molar-refractivity contribution in [2.24, 2.45) is 0 Å². The van der Waals surface area contributed by atoms with E-state index < -0.39 is 0 Å². The lowest BCUT2D eigenvalue weighted by Crippen LogP contribution is -2.49. The Hall–Kier alpha value is -1.06. The fourth-order valence-corrected chi connectivity index (χ4v) is 2.51. The lowest BCUT2D eigenvalue weighted by molar-refractivity contribution is 0.191. The van der Waals surface area contributed by atoms with Crippen molar-refractivity contribution in [1.29, 1.82) is 0 Å². The summed E-state index contributed by atoms with van der Waals surface area (Å²) in [6, 6.07) is 9.21. The van der Waals surface area contributed by atoms with Crippen LogP contribution in [0.2, 0.25) is 0 Å². The summed E-state index contributed by atoms with van der Waals surface area (Å²) >= 11 is 0. The third kappa shape index (κ3) is 3.47. The molecule has 1 unspecified atom stereocenters. The van der Waals surface area contributed by atoms with E-state index >= 15 is 0 Å². The summed E-state index contributed by atoms with van der Waals surface area (Å²) in [6.45, 7) is 10.1. The molecule has 1 saturated heterocycles. The zero-order valence-corrected chi connectivity index (χ0v) is 11.6. The number of rotatable bonds is 5. The van der Waals surface area contributed by atoms with Gasteiger partial charge in [-0.15, -0.1) is 0 Å². The van der Waals surface area contributed by atoms with E-state index in [4.69, 9.17) is 0 Å². The molecule has 2 N–H and O–H groups in total. The summed E-state index contributed by atoms with van der Waals surface area (Å²) < 4.78 is 0. The molecule has 1 atom stereocenters. The largest absolute Gasteiger partial charge is 0.383 e. The Morgan fingerprint density at radius 2 is 2.00 bits per heavy atom. The van der Waals surface area contributed by atoms with Crippen LogP contribution in [0.1, 0.15) is 19.4 Å². The molecule has 1 aromatic carbocycles. The van der Waals surface area contributed by atoms with Gasteiger partial charge in [-0.3, -0.25) is 4.90 Å². The highest BCUT2D eigenvalue weighted by Gasteiger charge is 2.15. The molecular formula is C15H25N3. The number of hydrogen-bond acceptors (Lipinski definition) is 3. The van der Waals surface area contributed by atoms with Crippen LogP contribution in [0.25, 0.3) is 0 Å². The Morgan fingerprint density at radius 1 is 1.28 bits per heavy atom. The topological polar surface area (TPSA) is 27.3 Å². The van der Waals surface area contributed by atoms with Gasteiger partial charge in [0.1, 0.15) is 0 Å². The molecule has 2 rings (SSSR count). The second-order valence-electron chi connectivity index (χ2n) is 5.03. The van der Waals surface area contributed by atoms with Crippen molar-refractivity contribution >= 4 is 5.69 Å². The lowest BCUT2D eigenvalue weighted by Gasteiger charge is -2.33. The molecule has 0 bridgehead atoms. The highest BCUT2D eigenvalue weighted by Crippen LogP contribution is 2.15. The highest BCUT2D eigenvalue weighted by atomic mass is 15.2. The number of nitrogens with one attached hydrogen (secondary N) is 2. The fourth-order valence-electron chi connectivity index (χ4n) is 2.51. The average molecular weight is 247 g/mol. The molecule has 0 saturated carbocycles. The second-order valence-corrected chi connectivity index (χ2v) is 5.03. The van der Waals surface area contributed by atoms with Gasteiger partial charge >= 0.3 is 0 Å². The maximum absolute atomic E-state index is 3.60. The Morgan fingerprint density at radius 3 is 2.72 bits per heavy atom. The van der Waals surface area contributed by atoms with Gasteiger partial charge in [-0.05, 0) is 25.0 Å². The Bertz CT molecular complexity index is 359. The predicted molar refractivity (Wildman–Crippen MR) is 78.2 cm³/mol. The molecule has 1 aromatic rings. The van der Waals surface area contributed by atoms with E-state index in [2.05, 4.69) is 53.6 Å². The van der Waals surface area contributed by atoms with Crippen LogP contribution < -0.4 is 10.6 Å². The first-order valence-electron chi connectivity index (χ1n) is 7.07. The zero-order chi connectivity index (χ0) is 12.8. The molecule has 1 aliphatic rings. The van der Waals surface area contributed by atoms with Gasteiger partial charge in [-0.1, -0.05) is 25.1 Å². The number of hydrogen-bond donors (Lipinski definition) is 2. The lowest BCUT2D eigenvalue weighted by atomic mass is 10.1. The molecule has 0 aliphatic carbocycles. The quantitative estimate of drug-likeness (QED) is 0.833. The summed E-state index contributed by atoms with van der Waals surface area (Å²) in [4.78, 5) is 2.55. The normalized spacial score (nSPS) is 18.6. The van der Waals surface area contributed by atoms with Crippen LogP contribution in [0, 0.1) is 0 Å². The summed E-state index contributed by atoms with van der Waals surface area (Å²) in [6.07, 6.45) is 1.09. The minimum Gasteiger partial charge on any atom is -0.383 e. The van der Waals surface area contributed by atoms with Gasteiger partial charge in [0.2, 0.25) is 0 Å². The summed E-state index contributed by atoms with van der Waals surface area (Å²) in [7, 11) is 0. The van der Waals surface area contributed by atoms with E-state index in [9.17, 15) is 0 Å². The number of anilines is 1. The van der Waals surface area contributed by atoms with Crippen molar-refractivity contribution in [1.82, 2.24) is 10.2 Å².